The van der Waals surface area contributed by atoms with Gasteiger partial charge in [0.2, 0.25) is 11.9 Å². The molecule has 9 nitrogen and oxygen atoms in total. The highest BCUT2D eigenvalue weighted by molar-refractivity contribution is 5.75. The van der Waals surface area contributed by atoms with Crippen LogP contribution >= 0.6 is 0 Å². The number of pyridine rings is 1. The third-order valence-electron chi connectivity index (χ3n) is 4.50. The van der Waals surface area contributed by atoms with E-state index >= 15 is 0 Å². The molecule has 0 radical (unpaired) electrons. The number of carbonyl (C=O) groups is 1. The monoisotopic (exact) mass is 411 g/mol. The average Bonchev–Trinajstić information content (AvgIpc) is 2.61. The van der Waals surface area contributed by atoms with Crippen LogP contribution in [-0.2, 0) is 11.0 Å². The minimum atomic E-state index is -4.61. The van der Waals surface area contributed by atoms with Gasteiger partial charge in [0.1, 0.15) is 17.1 Å². The number of aromatic hydroxyl groups is 1. The second-order valence-corrected chi connectivity index (χ2v) is 6.84. The molecule has 12 heteroatoms. The smallest absolute Gasteiger partial charge is 0.418 e. The lowest BCUT2D eigenvalue weighted by Crippen LogP contribution is -2.45. The number of carbonyl (C=O) groups excluding carboxylic acids is 1. The molecule has 0 saturated carbocycles. The number of nitrogens with two attached hydrogens (primary N) is 1. The van der Waals surface area contributed by atoms with Gasteiger partial charge in [-0.2, -0.15) is 13.2 Å². The van der Waals surface area contributed by atoms with Gasteiger partial charge in [-0.25, -0.2) is 9.97 Å². The first kappa shape index (κ1) is 20.7. The fourth-order valence-electron chi connectivity index (χ4n) is 3.19. The molecule has 1 saturated heterocycles. The number of hydrogen-bond donors (Lipinski definition) is 3. The van der Waals surface area contributed by atoms with Gasteiger partial charge in [0.15, 0.2) is 0 Å². The van der Waals surface area contributed by atoms with Crippen molar-refractivity contribution < 1.29 is 23.1 Å². The standard InChI is InChI=1S/C17H20F3N7O2/c1-9-14(15-12(28)5-10(6-22-15)17(18,19)20)25-26-16(23-9)24-11-3-2-4-27(7-11)8-13(21)29/h5-6,11,28H,2-4,7-8H2,1H3,(H2,21,29)(H,23,24,26). The second kappa shape index (κ2) is 8.15. The van der Waals surface area contributed by atoms with E-state index in [0.29, 0.717) is 24.5 Å². The number of halogens is 3. The van der Waals surface area contributed by atoms with Crippen LogP contribution in [0, 0.1) is 6.92 Å². The lowest BCUT2D eigenvalue weighted by molar-refractivity contribution is -0.138. The number of nitrogens with zero attached hydrogens (tertiary/aromatic N) is 5. The molecule has 3 heterocycles. The van der Waals surface area contributed by atoms with Crippen LogP contribution < -0.4 is 11.1 Å². The summed E-state index contributed by atoms with van der Waals surface area (Å²) >= 11 is 0. The van der Waals surface area contributed by atoms with E-state index in [1.807, 2.05) is 4.90 Å². The number of piperidine rings is 1. The number of likely N-dealkylation sites (tertiary alicyclic amines) is 1. The van der Waals surface area contributed by atoms with E-state index in [-0.39, 0.29) is 29.9 Å². The zero-order valence-corrected chi connectivity index (χ0v) is 15.6. The van der Waals surface area contributed by atoms with E-state index in [4.69, 9.17) is 5.73 Å². The van der Waals surface area contributed by atoms with Crippen LogP contribution in [0.4, 0.5) is 19.1 Å². The molecule has 3 rings (SSSR count). The van der Waals surface area contributed by atoms with E-state index in [2.05, 4.69) is 25.5 Å². The molecule has 0 aliphatic carbocycles. The fraction of sp³-hybridized carbons (Fsp3) is 0.471. The maximum atomic E-state index is 12.7. The maximum Gasteiger partial charge on any atom is 0.418 e. The third kappa shape index (κ3) is 5.08. The minimum Gasteiger partial charge on any atom is -0.506 e. The summed E-state index contributed by atoms with van der Waals surface area (Å²) in [4.78, 5) is 21.0. The highest BCUT2D eigenvalue weighted by Gasteiger charge is 2.32. The van der Waals surface area contributed by atoms with Crippen molar-refractivity contribution in [3.05, 3.63) is 23.5 Å². The third-order valence-corrected chi connectivity index (χ3v) is 4.50. The van der Waals surface area contributed by atoms with Gasteiger partial charge in [-0.1, -0.05) is 0 Å². The summed E-state index contributed by atoms with van der Waals surface area (Å²) in [5.41, 5.74) is 4.47. The van der Waals surface area contributed by atoms with Crippen molar-refractivity contribution in [2.24, 2.45) is 5.73 Å². The quantitative estimate of drug-likeness (QED) is 0.672. The summed E-state index contributed by atoms with van der Waals surface area (Å²) in [5.74, 6) is -0.815. The van der Waals surface area contributed by atoms with Gasteiger partial charge in [0, 0.05) is 18.8 Å². The van der Waals surface area contributed by atoms with Gasteiger partial charge >= 0.3 is 6.18 Å². The Morgan fingerprint density at radius 2 is 2.14 bits per heavy atom. The molecular weight excluding hydrogens is 391 g/mol. The number of aromatic nitrogens is 4. The molecule has 2 aromatic heterocycles. The van der Waals surface area contributed by atoms with Crippen LogP contribution in [0.5, 0.6) is 5.75 Å². The molecule has 1 amide bonds. The number of hydrogen-bond acceptors (Lipinski definition) is 8. The summed E-state index contributed by atoms with van der Waals surface area (Å²) in [6.45, 7) is 3.13. The number of aryl methyl sites for hydroxylation is 1. The van der Waals surface area contributed by atoms with Gasteiger partial charge < -0.3 is 16.2 Å². The van der Waals surface area contributed by atoms with Gasteiger partial charge in [-0.3, -0.25) is 9.69 Å². The number of amides is 1. The number of primary amides is 1. The van der Waals surface area contributed by atoms with Crippen molar-refractivity contribution >= 4 is 11.9 Å². The van der Waals surface area contributed by atoms with Crippen LogP contribution in [0.3, 0.4) is 0 Å². The highest BCUT2D eigenvalue weighted by Crippen LogP contribution is 2.34. The van der Waals surface area contributed by atoms with Crippen molar-refractivity contribution in [2.45, 2.75) is 32.0 Å². The van der Waals surface area contributed by atoms with Gasteiger partial charge in [-0.05, 0) is 32.4 Å². The van der Waals surface area contributed by atoms with E-state index in [1.54, 1.807) is 6.92 Å². The van der Waals surface area contributed by atoms with Gasteiger partial charge in [-0.15, -0.1) is 10.2 Å². The Morgan fingerprint density at radius 1 is 1.38 bits per heavy atom. The average molecular weight is 411 g/mol. The lowest BCUT2D eigenvalue weighted by atomic mass is 10.1. The van der Waals surface area contributed by atoms with Crippen molar-refractivity contribution in [1.29, 1.82) is 0 Å². The van der Waals surface area contributed by atoms with Crippen LogP contribution in [0.15, 0.2) is 12.3 Å². The Kier molecular flexibility index (Phi) is 5.82. The van der Waals surface area contributed by atoms with Crippen molar-refractivity contribution in [3.63, 3.8) is 0 Å². The zero-order valence-electron chi connectivity index (χ0n) is 15.6. The molecule has 1 atom stereocenters. The molecule has 29 heavy (non-hydrogen) atoms. The predicted octanol–water partition coefficient (Wildman–Crippen LogP) is 1.33. The molecule has 0 spiro atoms. The number of anilines is 1. The molecule has 4 N–H and O–H groups in total. The van der Waals surface area contributed by atoms with E-state index < -0.39 is 23.4 Å². The summed E-state index contributed by atoms with van der Waals surface area (Å²) < 4.78 is 38.2. The molecule has 1 unspecified atom stereocenters. The van der Waals surface area contributed by atoms with E-state index in [9.17, 15) is 23.1 Å². The minimum absolute atomic E-state index is 0.00672. The van der Waals surface area contributed by atoms with E-state index in [0.717, 1.165) is 19.4 Å². The second-order valence-electron chi connectivity index (χ2n) is 6.84. The topological polar surface area (TPSA) is 130 Å². The maximum absolute atomic E-state index is 12.7. The first-order valence-corrected chi connectivity index (χ1v) is 8.88. The Balaban J connectivity index is 1.75. The number of nitrogens with one attached hydrogen (secondary N) is 1. The number of rotatable bonds is 5. The van der Waals surface area contributed by atoms with Crippen LogP contribution in [-0.4, -0.2) is 61.8 Å². The van der Waals surface area contributed by atoms with Crippen LogP contribution in [0.25, 0.3) is 11.4 Å². The van der Waals surface area contributed by atoms with Crippen molar-refractivity contribution in [1.82, 2.24) is 25.1 Å². The predicted molar refractivity (Wildman–Crippen MR) is 96.7 cm³/mol. The molecule has 1 aliphatic heterocycles. The molecule has 156 valence electrons. The lowest BCUT2D eigenvalue weighted by Gasteiger charge is -2.32. The Bertz CT molecular complexity index is 907. The summed E-state index contributed by atoms with van der Waals surface area (Å²) in [6.07, 6.45) is -2.27. The van der Waals surface area contributed by atoms with Crippen LogP contribution in [0.1, 0.15) is 24.1 Å². The Labute approximate surface area is 164 Å². The first-order chi connectivity index (χ1) is 13.6. The van der Waals surface area contributed by atoms with Crippen LogP contribution in [0.2, 0.25) is 0 Å². The SMILES string of the molecule is Cc1nc(NC2CCCN(CC(N)=O)C2)nnc1-c1ncc(C(F)(F)F)cc1O. The molecule has 1 fully saturated rings. The summed E-state index contributed by atoms with van der Waals surface area (Å²) in [7, 11) is 0. The number of alkyl halides is 3. The molecule has 2 aromatic rings. The van der Waals surface area contributed by atoms with Gasteiger partial charge in [0.05, 0.1) is 17.8 Å². The highest BCUT2D eigenvalue weighted by atomic mass is 19.4. The fourth-order valence-corrected chi connectivity index (χ4v) is 3.19. The largest absolute Gasteiger partial charge is 0.506 e. The molecule has 0 aromatic carbocycles. The molecular formula is C17H20F3N7O2. The Morgan fingerprint density at radius 3 is 2.76 bits per heavy atom. The molecule has 0 bridgehead atoms. The Hall–Kier alpha value is -3.02. The summed E-state index contributed by atoms with van der Waals surface area (Å²) in [6, 6.07) is 0.582. The van der Waals surface area contributed by atoms with E-state index in [1.165, 1.54) is 0 Å². The summed E-state index contributed by atoms with van der Waals surface area (Å²) in [5, 5.41) is 21.0. The van der Waals surface area contributed by atoms with Crippen molar-refractivity contribution in [2.75, 3.05) is 25.0 Å². The normalized spacial score (nSPS) is 17.9. The zero-order chi connectivity index (χ0) is 21.2. The first-order valence-electron chi connectivity index (χ1n) is 8.88. The van der Waals surface area contributed by atoms with Gasteiger partial charge in [0.25, 0.3) is 0 Å². The van der Waals surface area contributed by atoms with Crippen molar-refractivity contribution in [3.8, 4) is 17.1 Å². The molecule has 1 aliphatic rings.